The number of hydrogen-bond acceptors (Lipinski definition) is 1. The Morgan fingerprint density at radius 2 is 1.21 bits per heavy atom. The topological polar surface area (TPSA) is 22.2 Å². The van der Waals surface area contributed by atoms with E-state index in [0.29, 0.717) is 0 Å². The Hall–Kier alpha value is -5.93. The molecule has 0 fully saturated rings. The van der Waals surface area contributed by atoms with Gasteiger partial charge in [0.05, 0.1) is 27.6 Å². The third-order valence-electron chi connectivity index (χ3n) is 10.9. The first-order chi connectivity index (χ1) is 23.1. The Balaban J connectivity index is 1.31. The van der Waals surface area contributed by atoms with Crippen molar-refractivity contribution in [2.45, 2.75) is 19.3 Å². The van der Waals surface area contributed by atoms with Gasteiger partial charge in [-0.1, -0.05) is 123 Å². The summed E-state index contributed by atoms with van der Waals surface area (Å²) in [6.07, 6.45) is 0. The number of rotatable bonds is 1. The maximum absolute atomic E-state index is 5.34. The first kappa shape index (κ1) is 25.3. The summed E-state index contributed by atoms with van der Waals surface area (Å²) >= 11 is 0. The molecule has 0 spiro atoms. The molecule has 47 heavy (non-hydrogen) atoms. The molecule has 0 amide bonds. The smallest absolute Gasteiger partial charge is 0.146 e. The van der Waals surface area contributed by atoms with Crippen molar-refractivity contribution in [3.8, 4) is 16.8 Å². The number of benzene rings is 7. The molecule has 10 aromatic rings. The number of pyridine rings is 1. The molecule has 3 heterocycles. The largest absolute Gasteiger partial charge is 0.309 e. The third kappa shape index (κ3) is 3.14. The fourth-order valence-corrected chi connectivity index (χ4v) is 8.68. The Morgan fingerprint density at radius 3 is 2.11 bits per heavy atom. The van der Waals surface area contributed by atoms with E-state index in [-0.39, 0.29) is 5.41 Å². The lowest BCUT2D eigenvalue weighted by molar-refractivity contribution is 0.660. The normalized spacial score (nSPS) is 13.9. The van der Waals surface area contributed by atoms with E-state index in [2.05, 4.69) is 162 Å². The minimum Gasteiger partial charge on any atom is -0.309 e. The van der Waals surface area contributed by atoms with Gasteiger partial charge in [-0.25, -0.2) is 4.98 Å². The molecule has 1 aliphatic rings. The molecule has 0 N–H and O–H groups in total. The molecule has 11 rings (SSSR count). The highest BCUT2D eigenvalue weighted by molar-refractivity contribution is 6.21. The summed E-state index contributed by atoms with van der Waals surface area (Å²) in [5.74, 6) is 0. The van der Waals surface area contributed by atoms with Crippen molar-refractivity contribution in [3.63, 3.8) is 0 Å². The van der Waals surface area contributed by atoms with Crippen LogP contribution in [-0.2, 0) is 5.41 Å². The Kier molecular flexibility index (Phi) is 4.66. The van der Waals surface area contributed by atoms with Crippen LogP contribution < -0.4 is 0 Å². The van der Waals surface area contributed by atoms with Crippen LogP contribution in [0.5, 0.6) is 0 Å². The molecule has 0 unspecified atom stereocenters. The van der Waals surface area contributed by atoms with Gasteiger partial charge in [0.25, 0.3) is 0 Å². The van der Waals surface area contributed by atoms with E-state index in [1.165, 1.54) is 82.2 Å². The first-order valence-electron chi connectivity index (χ1n) is 16.4. The SMILES string of the molecule is CC1(C)c2ccccc2-c2ccc(-n3c4cc5c(cc4c4ccc6ccccc6c43)nc3c4ccccc4c4ccccc4n53)cc21. The molecule has 0 radical (unpaired) electrons. The Labute approximate surface area is 270 Å². The molecule has 0 bridgehead atoms. The van der Waals surface area contributed by atoms with Crippen LogP contribution in [0.4, 0.5) is 0 Å². The average Bonchev–Trinajstić information content (AvgIpc) is 3.73. The molecule has 0 aliphatic heterocycles. The van der Waals surface area contributed by atoms with Gasteiger partial charge in [0.1, 0.15) is 5.65 Å². The number of fused-ring (bicyclic) bond motifs is 16. The maximum atomic E-state index is 5.34. The fourth-order valence-electron chi connectivity index (χ4n) is 8.68. The van der Waals surface area contributed by atoms with Gasteiger partial charge in [-0.3, -0.25) is 4.40 Å². The average molecular weight is 600 g/mol. The number of imidazole rings is 1. The zero-order valence-electron chi connectivity index (χ0n) is 26.1. The minimum absolute atomic E-state index is 0.0857. The fraction of sp³-hybridized carbons (Fsp3) is 0.0682. The van der Waals surface area contributed by atoms with E-state index in [1.54, 1.807) is 0 Å². The van der Waals surface area contributed by atoms with E-state index < -0.39 is 0 Å². The van der Waals surface area contributed by atoms with Crippen LogP contribution >= 0.6 is 0 Å². The van der Waals surface area contributed by atoms with Crippen LogP contribution in [0.15, 0.2) is 140 Å². The van der Waals surface area contributed by atoms with Crippen LogP contribution in [-0.4, -0.2) is 14.0 Å². The molecule has 7 aromatic carbocycles. The summed E-state index contributed by atoms with van der Waals surface area (Å²) in [6, 6.07) is 51.4. The van der Waals surface area contributed by atoms with Crippen LogP contribution in [0.3, 0.4) is 0 Å². The van der Waals surface area contributed by atoms with Crippen molar-refractivity contribution in [1.82, 2.24) is 14.0 Å². The highest BCUT2D eigenvalue weighted by Crippen LogP contribution is 2.50. The second-order valence-corrected chi connectivity index (χ2v) is 13.6. The predicted octanol–water partition coefficient (Wildman–Crippen LogP) is 11.4. The molecular weight excluding hydrogens is 571 g/mol. The summed E-state index contributed by atoms with van der Waals surface area (Å²) in [4.78, 5) is 5.34. The van der Waals surface area contributed by atoms with E-state index >= 15 is 0 Å². The summed E-state index contributed by atoms with van der Waals surface area (Å²) in [5.41, 5.74) is 13.3. The molecular formula is C44H29N3. The van der Waals surface area contributed by atoms with E-state index in [0.717, 1.165) is 16.7 Å². The molecule has 1 aliphatic carbocycles. The molecule has 0 saturated heterocycles. The quantitative estimate of drug-likeness (QED) is 0.172. The summed E-state index contributed by atoms with van der Waals surface area (Å²) in [6.45, 7) is 4.72. The molecule has 0 saturated carbocycles. The first-order valence-corrected chi connectivity index (χ1v) is 16.4. The van der Waals surface area contributed by atoms with Crippen molar-refractivity contribution in [2.24, 2.45) is 0 Å². The highest BCUT2D eigenvalue weighted by Gasteiger charge is 2.35. The lowest BCUT2D eigenvalue weighted by atomic mass is 9.82. The summed E-state index contributed by atoms with van der Waals surface area (Å²) in [7, 11) is 0. The van der Waals surface area contributed by atoms with Crippen molar-refractivity contribution < 1.29 is 0 Å². The molecule has 0 atom stereocenters. The lowest BCUT2D eigenvalue weighted by Crippen LogP contribution is -2.15. The van der Waals surface area contributed by atoms with E-state index in [1.807, 2.05) is 0 Å². The molecule has 3 heteroatoms. The minimum atomic E-state index is -0.0857. The van der Waals surface area contributed by atoms with Gasteiger partial charge in [-0.05, 0) is 63.4 Å². The second-order valence-electron chi connectivity index (χ2n) is 13.6. The zero-order valence-corrected chi connectivity index (χ0v) is 26.1. The number of nitrogens with zero attached hydrogens (tertiary/aromatic N) is 3. The zero-order chi connectivity index (χ0) is 31.0. The predicted molar refractivity (Wildman–Crippen MR) is 197 cm³/mol. The van der Waals surface area contributed by atoms with E-state index in [4.69, 9.17) is 4.98 Å². The van der Waals surface area contributed by atoms with Crippen LogP contribution in [0.2, 0.25) is 0 Å². The lowest BCUT2D eigenvalue weighted by Gasteiger charge is -2.22. The maximum Gasteiger partial charge on any atom is 0.146 e. The van der Waals surface area contributed by atoms with Gasteiger partial charge in [-0.2, -0.15) is 0 Å². The Bertz CT molecular complexity index is 2990. The molecule has 3 nitrogen and oxygen atoms in total. The number of aromatic nitrogens is 3. The van der Waals surface area contributed by atoms with E-state index in [9.17, 15) is 0 Å². The third-order valence-corrected chi connectivity index (χ3v) is 10.9. The van der Waals surface area contributed by atoms with Crippen LogP contribution in [0, 0.1) is 0 Å². The molecule has 3 aromatic heterocycles. The monoisotopic (exact) mass is 599 g/mol. The van der Waals surface area contributed by atoms with Crippen molar-refractivity contribution in [3.05, 3.63) is 151 Å². The van der Waals surface area contributed by atoms with Crippen molar-refractivity contribution >= 4 is 70.9 Å². The summed E-state index contributed by atoms with van der Waals surface area (Å²) in [5, 5.41) is 8.61. The van der Waals surface area contributed by atoms with Gasteiger partial charge in [-0.15, -0.1) is 0 Å². The van der Waals surface area contributed by atoms with Gasteiger partial charge in [0.2, 0.25) is 0 Å². The van der Waals surface area contributed by atoms with Gasteiger partial charge < -0.3 is 4.57 Å². The van der Waals surface area contributed by atoms with Crippen LogP contribution in [0.25, 0.3) is 87.7 Å². The summed E-state index contributed by atoms with van der Waals surface area (Å²) < 4.78 is 4.88. The number of para-hydroxylation sites is 1. The van der Waals surface area contributed by atoms with Gasteiger partial charge >= 0.3 is 0 Å². The standard InChI is InChI=1S/C44H29N3/c1-44(2)36-17-9-7-14-30(36)31-22-20-27(23-37(31)44)46-40-25-41-38(24-35(40)33-21-19-26-11-3-4-12-28(26)42(33)46)45-43-34-16-6-5-13-29(34)32-15-8-10-18-39(32)47(41)43/h3-25H,1-2H3. The van der Waals surface area contributed by atoms with Gasteiger partial charge in [0, 0.05) is 38.0 Å². The van der Waals surface area contributed by atoms with Gasteiger partial charge in [0.15, 0.2) is 0 Å². The second kappa shape index (κ2) is 8.65. The highest BCUT2D eigenvalue weighted by atomic mass is 15.0. The number of hydrogen-bond donors (Lipinski definition) is 0. The Morgan fingerprint density at radius 1 is 0.489 bits per heavy atom. The molecule has 220 valence electrons. The van der Waals surface area contributed by atoms with Crippen LogP contribution in [0.1, 0.15) is 25.0 Å². The van der Waals surface area contributed by atoms with Crippen molar-refractivity contribution in [1.29, 1.82) is 0 Å². The van der Waals surface area contributed by atoms with Crippen molar-refractivity contribution in [2.75, 3.05) is 0 Å².